The van der Waals surface area contributed by atoms with Crippen LogP contribution in [0.2, 0.25) is 0 Å². The second-order valence-electron chi connectivity index (χ2n) is 6.41. The zero-order valence-corrected chi connectivity index (χ0v) is 12.0. The van der Waals surface area contributed by atoms with Crippen molar-refractivity contribution in [2.24, 2.45) is 5.41 Å². The standard InChI is InChI=1S/C13H25NO4/c1-12(2,3)18-11(16)14-6-7-17-8-10(14)13(4,5)9-15/h10,15H,6-9H2,1-5H3. The first kappa shape index (κ1) is 15.2. The number of carbonyl (C=O) groups is 1. The fraction of sp³-hybridized carbons (Fsp3) is 0.923. The molecule has 106 valence electrons. The molecule has 0 aromatic rings. The molecular formula is C13H25NO4. The fourth-order valence-corrected chi connectivity index (χ4v) is 1.90. The molecule has 1 amide bonds. The molecule has 1 rings (SSSR count). The third kappa shape index (κ3) is 3.85. The number of carbonyl (C=O) groups excluding carboxylic acids is 1. The van der Waals surface area contributed by atoms with Crippen molar-refractivity contribution in [2.45, 2.75) is 46.3 Å². The van der Waals surface area contributed by atoms with Crippen LogP contribution in [0.15, 0.2) is 0 Å². The van der Waals surface area contributed by atoms with Crippen LogP contribution >= 0.6 is 0 Å². The molecule has 0 saturated carbocycles. The first-order chi connectivity index (χ1) is 8.17. The highest BCUT2D eigenvalue weighted by atomic mass is 16.6. The summed E-state index contributed by atoms with van der Waals surface area (Å²) in [6, 6.07) is -0.161. The molecule has 1 saturated heterocycles. The van der Waals surface area contributed by atoms with Crippen LogP contribution in [0.5, 0.6) is 0 Å². The molecule has 1 N–H and O–H groups in total. The molecule has 1 atom stereocenters. The van der Waals surface area contributed by atoms with Crippen molar-refractivity contribution in [2.75, 3.05) is 26.4 Å². The topological polar surface area (TPSA) is 59.0 Å². The van der Waals surface area contributed by atoms with E-state index in [1.165, 1.54) is 0 Å². The van der Waals surface area contributed by atoms with E-state index in [1.807, 2.05) is 34.6 Å². The maximum atomic E-state index is 12.2. The van der Waals surface area contributed by atoms with Gasteiger partial charge in [0.05, 0.1) is 25.9 Å². The molecule has 0 radical (unpaired) electrons. The second-order valence-corrected chi connectivity index (χ2v) is 6.41. The number of hydrogen-bond donors (Lipinski definition) is 1. The van der Waals surface area contributed by atoms with Crippen LogP contribution in [0.4, 0.5) is 4.79 Å². The molecule has 1 aliphatic rings. The quantitative estimate of drug-likeness (QED) is 0.819. The van der Waals surface area contributed by atoms with Gasteiger partial charge in [-0.05, 0) is 20.8 Å². The molecule has 1 fully saturated rings. The van der Waals surface area contributed by atoms with Crippen LogP contribution in [0.1, 0.15) is 34.6 Å². The summed E-state index contributed by atoms with van der Waals surface area (Å²) in [5, 5.41) is 9.44. The third-order valence-corrected chi connectivity index (χ3v) is 3.07. The molecule has 0 bridgehead atoms. The zero-order valence-electron chi connectivity index (χ0n) is 12.0. The maximum absolute atomic E-state index is 12.2. The number of aliphatic hydroxyl groups excluding tert-OH is 1. The van der Waals surface area contributed by atoms with Gasteiger partial charge >= 0.3 is 6.09 Å². The lowest BCUT2D eigenvalue weighted by Crippen LogP contribution is -2.57. The lowest BCUT2D eigenvalue weighted by atomic mass is 9.84. The summed E-state index contributed by atoms with van der Waals surface area (Å²) < 4.78 is 10.8. The number of rotatable bonds is 2. The number of hydrogen-bond acceptors (Lipinski definition) is 4. The lowest BCUT2D eigenvalue weighted by Gasteiger charge is -2.43. The van der Waals surface area contributed by atoms with Gasteiger partial charge in [0.2, 0.25) is 0 Å². The van der Waals surface area contributed by atoms with Crippen LogP contribution in [-0.4, -0.2) is 54.1 Å². The van der Waals surface area contributed by atoms with Gasteiger partial charge in [-0.3, -0.25) is 4.90 Å². The second kappa shape index (κ2) is 5.45. The summed E-state index contributed by atoms with van der Waals surface area (Å²) in [6.07, 6.45) is -0.336. The average Bonchev–Trinajstić information content (AvgIpc) is 2.27. The monoisotopic (exact) mass is 259 g/mol. The van der Waals surface area contributed by atoms with Crippen LogP contribution in [0.3, 0.4) is 0 Å². The van der Waals surface area contributed by atoms with E-state index in [4.69, 9.17) is 9.47 Å². The molecule has 0 aromatic heterocycles. The van der Waals surface area contributed by atoms with E-state index in [-0.39, 0.29) is 18.7 Å². The Morgan fingerprint density at radius 3 is 2.50 bits per heavy atom. The molecular weight excluding hydrogens is 234 g/mol. The number of aliphatic hydroxyl groups is 1. The summed E-state index contributed by atoms with van der Waals surface area (Å²) in [4.78, 5) is 13.8. The van der Waals surface area contributed by atoms with Crippen LogP contribution in [0.25, 0.3) is 0 Å². The smallest absolute Gasteiger partial charge is 0.410 e. The van der Waals surface area contributed by atoms with Crippen LogP contribution in [-0.2, 0) is 9.47 Å². The van der Waals surface area contributed by atoms with Gasteiger partial charge in [0.1, 0.15) is 5.60 Å². The highest BCUT2D eigenvalue weighted by Crippen LogP contribution is 2.28. The first-order valence-electron chi connectivity index (χ1n) is 6.35. The van der Waals surface area contributed by atoms with E-state index in [0.717, 1.165) is 0 Å². The number of nitrogens with zero attached hydrogens (tertiary/aromatic N) is 1. The third-order valence-electron chi connectivity index (χ3n) is 3.07. The SMILES string of the molecule is CC(C)(C)OC(=O)N1CCOCC1C(C)(C)CO. The van der Waals surface area contributed by atoms with Crippen LogP contribution in [0, 0.1) is 5.41 Å². The summed E-state index contributed by atoms with van der Waals surface area (Å²) in [5.74, 6) is 0. The zero-order chi connectivity index (χ0) is 14.0. The average molecular weight is 259 g/mol. The summed E-state index contributed by atoms with van der Waals surface area (Å²) >= 11 is 0. The molecule has 0 aromatic carbocycles. The minimum atomic E-state index is -0.511. The largest absolute Gasteiger partial charge is 0.444 e. The van der Waals surface area contributed by atoms with Crippen molar-refractivity contribution in [3.05, 3.63) is 0 Å². The first-order valence-corrected chi connectivity index (χ1v) is 6.35. The van der Waals surface area contributed by atoms with Crippen molar-refractivity contribution in [1.82, 2.24) is 4.90 Å². The Morgan fingerprint density at radius 1 is 1.39 bits per heavy atom. The van der Waals surface area contributed by atoms with Crippen molar-refractivity contribution in [1.29, 1.82) is 0 Å². The van der Waals surface area contributed by atoms with Gasteiger partial charge in [0.15, 0.2) is 0 Å². The van der Waals surface area contributed by atoms with Crippen LogP contribution < -0.4 is 0 Å². The molecule has 1 unspecified atom stereocenters. The van der Waals surface area contributed by atoms with Gasteiger partial charge < -0.3 is 14.6 Å². The van der Waals surface area contributed by atoms with Crippen molar-refractivity contribution >= 4 is 6.09 Å². The van der Waals surface area contributed by atoms with Gasteiger partial charge in [0.25, 0.3) is 0 Å². The Kier molecular flexibility index (Phi) is 4.61. The van der Waals surface area contributed by atoms with E-state index in [9.17, 15) is 9.90 Å². The van der Waals surface area contributed by atoms with Gasteiger partial charge in [-0.2, -0.15) is 0 Å². The Morgan fingerprint density at radius 2 is 2.00 bits per heavy atom. The highest BCUT2D eigenvalue weighted by molar-refractivity contribution is 5.68. The summed E-state index contributed by atoms with van der Waals surface area (Å²) in [7, 11) is 0. The van der Waals surface area contributed by atoms with Gasteiger partial charge in [-0.25, -0.2) is 4.79 Å². The van der Waals surface area contributed by atoms with Crippen molar-refractivity contribution < 1.29 is 19.4 Å². The number of amides is 1. The number of morpholine rings is 1. The van der Waals surface area contributed by atoms with E-state index in [2.05, 4.69) is 0 Å². The molecule has 1 heterocycles. The number of ether oxygens (including phenoxy) is 2. The van der Waals surface area contributed by atoms with Gasteiger partial charge in [0, 0.05) is 12.0 Å². The molecule has 0 aliphatic carbocycles. The Balaban J connectivity index is 2.80. The van der Waals surface area contributed by atoms with E-state index in [1.54, 1.807) is 4.90 Å². The summed E-state index contributed by atoms with van der Waals surface area (Å²) in [6.45, 7) is 10.8. The molecule has 18 heavy (non-hydrogen) atoms. The normalized spacial score (nSPS) is 21.9. The van der Waals surface area contributed by atoms with E-state index < -0.39 is 11.0 Å². The molecule has 0 spiro atoms. The lowest BCUT2D eigenvalue weighted by molar-refractivity contribution is -0.0729. The molecule has 5 heteroatoms. The predicted molar refractivity (Wildman–Crippen MR) is 68.4 cm³/mol. The molecule has 5 nitrogen and oxygen atoms in total. The maximum Gasteiger partial charge on any atom is 0.410 e. The Hall–Kier alpha value is -0.810. The minimum Gasteiger partial charge on any atom is -0.444 e. The summed E-state index contributed by atoms with van der Waals surface area (Å²) in [5.41, 5.74) is -0.916. The highest BCUT2D eigenvalue weighted by Gasteiger charge is 2.40. The van der Waals surface area contributed by atoms with Gasteiger partial charge in [-0.15, -0.1) is 0 Å². The Labute approximate surface area is 109 Å². The molecule has 1 aliphatic heterocycles. The van der Waals surface area contributed by atoms with Crippen molar-refractivity contribution in [3.63, 3.8) is 0 Å². The minimum absolute atomic E-state index is 0.000322. The predicted octanol–water partition coefficient (Wildman–Crippen LogP) is 1.64. The van der Waals surface area contributed by atoms with E-state index in [0.29, 0.717) is 19.8 Å². The Bertz CT molecular complexity index is 296. The van der Waals surface area contributed by atoms with Crippen molar-refractivity contribution in [3.8, 4) is 0 Å². The van der Waals surface area contributed by atoms with E-state index >= 15 is 0 Å². The van der Waals surface area contributed by atoms with Gasteiger partial charge in [-0.1, -0.05) is 13.8 Å². The fourth-order valence-electron chi connectivity index (χ4n) is 1.90.